The normalized spacial score (nSPS) is 13.1. The number of hydrogen-bond donors (Lipinski definition) is 3. The lowest BCUT2D eigenvalue weighted by molar-refractivity contribution is 0.214. The molecule has 5 heteroatoms. The number of anilines is 1. The van der Waals surface area contributed by atoms with E-state index in [1.54, 1.807) is 5.01 Å². The number of aliphatic hydroxyl groups excluding tert-OH is 1. The molecule has 1 atom stereocenters. The Bertz CT molecular complexity index is 1470. The molecule has 0 aliphatic carbocycles. The van der Waals surface area contributed by atoms with Crippen LogP contribution in [0.15, 0.2) is 109 Å². The lowest BCUT2D eigenvalue weighted by atomic mass is 10.0. The van der Waals surface area contributed by atoms with Crippen LogP contribution in [0.3, 0.4) is 0 Å². The standard InChI is InChI=1S/C29H28N4O/c1-2-32-25-16-10-9-15-23(25)24-19-22(17-18-26(24)32)33(31)28(20-11-5-3-6-12-20)27(30)29(34)21-13-7-4-8-14-21/h3-19,29,34H,2,30-31H2,1H3/b28-27-. The molecule has 0 spiro atoms. The first-order chi connectivity index (χ1) is 16.6. The van der Waals surface area contributed by atoms with E-state index in [-0.39, 0.29) is 5.70 Å². The third-order valence-corrected chi connectivity index (χ3v) is 6.32. The minimum Gasteiger partial charge on any atom is -0.398 e. The van der Waals surface area contributed by atoms with Gasteiger partial charge in [0.25, 0.3) is 0 Å². The highest BCUT2D eigenvalue weighted by Gasteiger charge is 2.22. The second-order valence-electron chi connectivity index (χ2n) is 8.32. The van der Waals surface area contributed by atoms with Crippen LogP contribution >= 0.6 is 0 Å². The highest BCUT2D eigenvalue weighted by molar-refractivity contribution is 6.09. The van der Waals surface area contributed by atoms with E-state index in [2.05, 4.69) is 47.9 Å². The van der Waals surface area contributed by atoms with E-state index in [1.165, 1.54) is 10.9 Å². The molecule has 0 aliphatic rings. The number of aliphatic hydroxyl groups is 1. The van der Waals surface area contributed by atoms with E-state index >= 15 is 0 Å². The minimum absolute atomic E-state index is 0.288. The summed E-state index contributed by atoms with van der Waals surface area (Å²) in [7, 11) is 0. The van der Waals surface area contributed by atoms with Crippen molar-refractivity contribution in [3.63, 3.8) is 0 Å². The highest BCUT2D eigenvalue weighted by atomic mass is 16.3. The van der Waals surface area contributed by atoms with Crippen LogP contribution in [0.5, 0.6) is 0 Å². The summed E-state index contributed by atoms with van der Waals surface area (Å²) < 4.78 is 2.30. The molecule has 0 saturated carbocycles. The molecule has 1 heterocycles. The summed E-state index contributed by atoms with van der Waals surface area (Å²) in [4.78, 5) is 0. The summed E-state index contributed by atoms with van der Waals surface area (Å²) in [6.45, 7) is 3.03. The average molecular weight is 449 g/mol. The van der Waals surface area contributed by atoms with Gasteiger partial charge in [0.15, 0.2) is 0 Å². The van der Waals surface area contributed by atoms with Gasteiger partial charge in [-0.05, 0) is 36.8 Å². The van der Waals surface area contributed by atoms with Gasteiger partial charge in [0.05, 0.1) is 17.1 Å². The van der Waals surface area contributed by atoms with Crippen molar-refractivity contribution in [1.29, 1.82) is 0 Å². The summed E-state index contributed by atoms with van der Waals surface area (Å²) in [5.41, 5.74) is 12.1. The summed E-state index contributed by atoms with van der Waals surface area (Å²) in [5, 5.41) is 15.0. The maximum atomic E-state index is 11.1. The Hall–Kier alpha value is -4.06. The fourth-order valence-electron chi connectivity index (χ4n) is 4.65. The van der Waals surface area contributed by atoms with Gasteiger partial charge >= 0.3 is 0 Å². The van der Waals surface area contributed by atoms with Crippen molar-refractivity contribution in [2.45, 2.75) is 19.6 Å². The first-order valence-electron chi connectivity index (χ1n) is 11.4. The van der Waals surface area contributed by atoms with Crippen molar-refractivity contribution in [3.05, 3.63) is 120 Å². The molecule has 5 aromatic rings. The average Bonchev–Trinajstić information content (AvgIpc) is 3.22. The molecule has 0 bridgehead atoms. The van der Waals surface area contributed by atoms with Gasteiger partial charge < -0.3 is 15.4 Å². The number of hydrogen-bond acceptors (Lipinski definition) is 4. The molecule has 4 aromatic carbocycles. The first kappa shape index (κ1) is 21.8. The number of aryl methyl sites for hydroxylation is 1. The Morgan fingerprint density at radius 2 is 1.44 bits per heavy atom. The van der Waals surface area contributed by atoms with E-state index in [4.69, 9.17) is 11.6 Å². The molecular weight excluding hydrogens is 420 g/mol. The lowest BCUT2D eigenvalue weighted by Crippen LogP contribution is -2.32. The van der Waals surface area contributed by atoms with Gasteiger partial charge in [-0.1, -0.05) is 78.9 Å². The van der Waals surface area contributed by atoms with E-state index in [0.29, 0.717) is 11.3 Å². The number of nitrogens with two attached hydrogens (primary N) is 2. The molecule has 1 unspecified atom stereocenters. The van der Waals surface area contributed by atoms with Gasteiger partial charge in [-0.2, -0.15) is 0 Å². The third-order valence-electron chi connectivity index (χ3n) is 6.32. The molecule has 170 valence electrons. The maximum absolute atomic E-state index is 11.1. The molecule has 1 aromatic heterocycles. The summed E-state index contributed by atoms with van der Waals surface area (Å²) in [6, 6.07) is 33.7. The zero-order valence-electron chi connectivity index (χ0n) is 19.1. The smallest absolute Gasteiger partial charge is 0.120 e. The summed E-state index contributed by atoms with van der Waals surface area (Å²) in [5.74, 6) is 6.74. The van der Waals surface area contributed by atoms with Gasteiger partial charge in [0.2, 0.25) is 0 Å². The fraction of sp³-hybridized carbons (Fsp3) is 0.103. The molecule has 5 N–H and O–H groups in total. The van der Waals surface area contributed by atoms with Crippen molar-refractivity contribution in [2.75, 3.05) is 5.01 Å². The Morgan fingerprint density at radius 3 is 2.15 bits per heavy atom. The predicted octanol–water partition coefficient (Wildman–Crippen LogP) is 5.56. The number of fused-ring (bicyclic) bond motifs is 3. The zero-order valence-corrected chi connectivity index (χ0v) is 19.1. The predicted molar refractivity (Wildman–Crippen MR) is 141 cm³/mol. The number of nitrogens with zero attached hydrogens (tertiary/aromatic N) is 2. The van der Waals surface area contributed by atoms with E-state index in [9.17, 15) is 5.11 Å². The van der Waals surface area contributed by atoms with Crippen LogP contribution in [0.2, 0.25) is 0 Å². The zero-order chi connectivity index (χ0) is 23.7. The van der Waals surface area contributed by atoms with E-state index < -0.39 is 6.10 Å². The third kappa shape index (κ3) is 3.71. The topological polar surface area (TPSA) is 80.4 Å². The number of para-hydroxylation sites is 1. The largest absolute Gasteiger partial charge is 0.398 e. The fourth-order valence-corrected chi connectivity index (χ4v) is 4.65. The molecule has 0 saturated heterocycles. The van der Waals surface area contributed by atoms with E-state index in [0.717, 1.165) is 28.7 Å². The Morgan fingerprint density at radius 1 is 0.824 bits per heavy atom. The molecular formula is C29H28N4O. The van der Waals surface area contributed by atoms with Gasteiger partial charge in [0, 0.05) is 33.9 Å². The Kier molecular flexibility index (Phi) is 5.80. The molecule has 0 radical (unpaired) electrons. The quantitative estimate of drug-likeness (QED) is 0.235. The molecule has 5 nitrogen and oxygen atoms in total. The Balaban J connectivity index is 1.67. The van der Waals surface area contributed by atoms with Crippen LogP contribution in [0, 0.1) is 0 Å². The van der Waals surface area contributed by atoms with Crippen LogP contribution in [0.4, 0.5) is 5.69 Å². The number of rotatable bonds is 6. The second kappa shape index (κ2) is 9.06. The van der Waals surface area contributed by atoms with Crippen LogP contribution in [-0.4, -0.2) is 9.67 Å². The molecule has 34 heavy (non-hydrogen) atoms. The SMILES string of the molecule is CCn1c2ccccc2c2cc(N(N)/C(=C(\N)C(O)c3ccccc3)c3ccccc3)ccc21. The lowest BCUT2D eigenvalue weighted by Gasteiger charge is -2.26. The maximum Gasteiger partial charge on any atom is 0.120 e. The van der Waals surface area contributed by atoms with Gasteiger partial charge in [-0.25, -0.2) is 5.84 Å². The number of hydrazine groups is 1. The molecule has 0 aliphatic heterocycles. The van der Waals surface area contributed by atoms with Crippen LogP contribution in [-0.2, 0) is 6.54 Å². The minimum atomic E-state index is -0.992. The summed E-state index contributed by atoms with van der Waals surface area (Å²) in [6.07, 6.45) is -0.992. The van der Waals surface area contributed by atoms with Gasteiger partial charge in [-0.3, -0.25) is 5.01 Å². The van der Waals surface area contributed by atoms with Crippen molar-refractivity contribution in [2.24, 2.45) is 11.6 Å². The van der Waals surface area contributed by atoms with Gasteiger partial charge in [-0.15, -0.1) is 0 Å². The van der Waals surface area contributed by atoms with Crippen LogP contribution in [0.25, 0.3) is 27.5 Å². The number of aromatic nitrogens is 1. The van der Waals surface area contributed by atoms with Crippen molar-refractivity contribution in [3.8, 4) is 0 Å². The molecule has 0 amide bonds. The van der Waals surface area contributed by atoms with E-state index in [1.807, 2.05) is 66.7 Å². The first-order valence-corrected chi connectivity index (χ1v) is 11.4. The number of benzene rings is 4. The highest BCUT2D eigenvalue weighted by Crippen LogP contribution is 2.35. The summed E-state index contributed by atoms with van der Waals surface area (Å²) >= 11 is 0. The van der Waals surface area contributed by atoms with Crippen LogP contribution in [0.1, 0.15) is 24.2 Å². The van der Waals surface area contributed by atoms with Crippen molar-refractivity contribution >= 4 is 33.2 Å². The second-order valence-corrected chi connectivity index (χ2v) is 8.32. The van der Waals surface area contributed by atoms with Gasteiger partial charge in [0.1, 0.15) is 6.10 Å². The molecule has 5 rings (SSSR count). The monoisotopic (exact) mass is 448 g/mol. The van der Waals surface area contributed by atoms with Crippen LogP contribution < -0.4 is 16.6 Å². The van der Waals surface area contributed by atoms with Crippen molar-refractivity contribution in [1.82, 2.24) is 4.57 Å². The Labute approximate surface area is 199 Å². The molecule has 0 fully saturated rings. The van der Waals surface area contributed by atoms with Crippen molar-refractivity contribution < 1.29 is 5.11 Å².